The molecule has 3 rings (SSSR count). The van der Waals surface area contributed by atoms with Crippen LogP contribution in [0.5, 0.6) is 5.75 Å². The van der Waals surface area contributed by atoms with Gasteiger partial charge in [0, 0.05) is 31.1 Å². The zero-order chi connectivity index (χ0) is 19.5. The summed E-state index contributed by atoms with van der Waals surface area (Å²) in [5.41, 5.74) is 2.90. The van der Waals surface area contributed by atoms with Crippen molar-refractivity contribution in [3.63, 3.8) is 0 Å². The van der Waals surface area contributed by atoms with Crippen LogP contribution in [0.3, 0.4) is 0 Å². The molecule has 0 aliphatic carbocycles. The molecule has 26 heavy (non-hydrogen) atoms. The molecule has 4 nitrogen and oxygen atoms in total. The predicted molar refractivity (Wildman–Crippen MR) is 116 cm³/mol. The third-order valence-electron chi connectivity index (χ3n) is 4.85. The van der Waals surface area contributed by atoms with E-state index in [1.807, 2.05) is 13.8 Å². The summed E-state index contributed by atoms with van der Waals surface area (Å²) in [6.07, 6.45) is 4.58. The SMILES string of the molecule is CC.CN1CCCN(C)CC1.COc1cc2c(cc1SC)CCN(C)C2. The van der Waals surface area contributed by atoms with Crippen molar-refractivity contribution in [2.75, 3.05) is 67.2 Å². The average Bonchev–Trinajstić information content (AvgIpc) is 2.86. The van der Waals surface area contributed by atoms with E-state index in [4.69, 9.17) is 4.74 Å². The van der Waals surface area contributed by atoms with Crippen LogP contribution in [0.25, 0.3) is 0 Å². The van der Waals surface area contributed by atoms with Crippen molar-refractivity contribution in [2.45, 2.75) is 38.1 Å². The minimum Gasteiger partial charge on any atom is -0.496 e. The van der Waals surface area contributed by atoms with E-state index in [9.17, 15) is 0 Å². The number of ether oxygens (including phenoxy) is 1. The second kappa shape index (κ2) is 12.6. The van der Waals surface area contributed by atoms with Gasteiger partial charge in [0.05, 0.1) is 7.11 Å². The molecule has 5 heteroatoms. The van der Waals surface area contributed by atoms with Crippen molar-refractivity contribution in [1.29, 1.82) is 0 Å². The van der Waals surface area contributed by atoms with Crippen molar-refractivity contribution in [3.05, 3.63) is 23.3 Å². The van der Waals surface area contributed by atoms with Crippen LogP contribution in [0.15, 0.2) is 17.0 Å². The summed E-state index contributed by atoms with van der Waals surface area (Å²) in [7, 11) is 8.30. The first-order chi connectivity index (χ1) is 12.5. The molecule has 0 saturated carbocycles. The number of hydrogen-bond acceptors (Lipinski definition) is 5. The maximum absolute atomic E-state index is 5.40. The van der Waals surface area contributed by atoms with Crippen LogP contribution in [0.4, 0.5) is 0 Å². The van der Waals surface area contributed by atoms with E-state index >= 15 is 0 Å². The van der Waals surface area contributed by atoms with Gasteiger partial charge in [-0.25, -0.2) is 0 Å². The predicted octanol–water partition coefficient (Wildman–Crippen LogP) is 3.68. The number of hydrogen-bond donors (Lipinski definition) is 0. The Bertz CT molecular complexity index is 514. The summed E-state index contributed by atoms with van der Waals surface area (Å²) in [6.45, 7) is 11.2. The van der Waals surface area contributed by atoms with E-state index in [2.05, 4.69) is 54.2 Å². The Balaban J connectivity index is 0.000000263. The summed E-state index contributed by atoms with van der Waals surface area (Å²) < 4.78 is 5.40. The highest BCUT2D eigenvalue weighted by Gasteiger charge is 2.16. The Hall–Kier alpha value is -0.750. The normalized spacial score (nSPS) is 18.6. The summed E-state index contributed by atoms with van der Waals surface area (Å²) in [5.74, 6) is 1.01. The lowest BCUT2D eigenvalue weighted by molar-refractivity contribution is 0.310. The molecule has 150 valence electrons. The van der Waals surface area contributed by atoms with Crippen molar-refractivity contribution in [1.82, 2.24) is 14.7 Å². The Morgan fingerprint density at radius 2 is 1.46 bits per heavy atom. The van der Waals surface area contributed by atoms with Gasteiger partial charge in [-0.1, -0.05) is 13.8 Å². The zero-order valence-corrected chi connectivity index (χ0v) is 18.8. The van der Waals surface area contributed by atoms with Crippen LogP contribution in [-0.4, -0.2) is 81.9 Å². The van der Waals surface area contributed by atoms with Gasteiger partial charge in [-0.15, -0.1) is 11.8 Å². The topological polar surface area (TPSA) is 19.0 Å². The van der Waals surface area contributed by atoms with E-state index in [1.165, 1.54) is 48.6 Å². The molecule has 0 radical (unpaired) electrons. The van der Waals surface area contributed by atoms with Crippen LogP contribution < -0.4 is 4.74 Å². The molecule has 0 spiro atoms. The third kappa shape index (κ3) is 7.47. The molecule has 1 aromatic carbocycles. The van der Waals surface area contributed by atoms with E-state index in [0.29, 0.717) is 0 Å². The zero-order valence-electron chi connectivity index (χ0n) is 18.0. The van der Waals surface area contributed by atoms with E-state index < -0.39 is 0 Å². The summed E-state index contributed by atoms with van der Waals surface area (Å²) in [6, 6.07) is 4.47. The summed E-state index contributed by atoms with van der Waals surface area (Å²) in [5, 5.41) is 0. The number of nitrogens with zero attached hydrogens (tertiary/aromatic N) is 3. The van der Waals surface area contributed by atoms with Crippen molar-refractivity contribution in [2.24, 2.45) is 0 Å². The van der Waals surface area contributed by atoms with E-state index in [-0.39, 0.29) is 0 Å². The van der Waals surface area contributed by atoms with Gasteiger partial charge < -0.3 is 19.4 Å². The van der Waals surface area contributed by atoms with Crippen molar-refractivity contribution >= 4 is 11.8 Å². The van der Waals surface area contributed by atoms with E-state index in [1.54, 1.807) is 18.9 Å². The van der Waals surface area contributed by atoms with Gasteiger partial charge in [0.25, 0.3) is 0 Å². The molecule has 0 aromatic heterocycles. The lowest BCUT2D eigenvalue weighted by Gasteiger charge is -2.26. The number of fused-ring (bicyclic) bond motifs is 1. The first-order valence-electron chi connectivity index (χ1n) is 9.83. The largest absolute Gasteiger partial charge is 0.496 e. The number of benzene rings is 1. The standard InChI is InChI=1S/C12H17NOS.C7H16N2.C2H6/c1-13-5-4-9-7-12(15-3)11(14-2)6-10(9)8-13;1-8-4-3-5-9(2)7-6-8;1-2/h6-7H,4-5,8H2,1-3H3;3-7H2,1-2H3;1-2H3. The molecule has 0 atom stereocenters. The van der Waals surface area contributed by atoms with Crippen LogP contribution in [0.2, 0.25) is 0 Å². The molecular weight excluding hydrogens is 342 g/mol. The highest BCUT2D eigenvalue weighted by Crippen LogP contribution is 2.32. The van der Waals surface area contributed by atoms with Gasteiger partial charge in [-0.05, 0) is 76.6 Å². The molecule has 0 bridgehead atoms. The molecule has 0 N–H and O–H groups in total. The van der Waals surface area contributed by atoms with Gasteiger partial charge in [0.15, 0.2) is 0 Å². The molecule has 0 unspecified atom stereocenters. The number of rotatable bonds is 2. The fraction of sp³-hybridized carbons (Fsp3) is 0.714. The number of likely N-dealkylation sites (N-methyl/N-ethyl adjacent to an activating group) is 3. The maximum atomic E-state index is 5.40. The second-order valence-corrected chi connectivity index (χ2v) is 7.77. The quantitative estimate of drug-likeness (QED) is 0.726. The monoisotopic (exact) mass is 381 g/mol. The van der Waals surface area contributed by atoms with Crippen LogP contribution in [0.1, 0.15) is 31.4 Å². The molecule has 1 aromatic rings. The molecule has 1 fully saturated rings. The van der Waals surface area contributed by atoms with Crippen molar-refractivity contribution in [3.8, 4) is 5.75 Å². The van der Waals surface area contributed by atoms with Gasteiger partial charge in [-0.3, -0.25) is 0 Å². The van der Waals surface area contributed by atoms with Crippen molar-refractivity contribution < 1.29 is 4.74 Å². The van der Waals surface area contributed by atoms with E-state index in [0.717, 1.165) is 25.3 Å². The molecule has 2 aliphatic rings. The first-order valence-corrected chi connectivity index (χ1v) is 11.1. The Labute approximate surface area is 165 Å². The van der Waals surface area contributed by atoms with Gasteiger partial charge >= 0.3 is 0 Å². The summed E-state index contributed by atoms with van der Waals surface area (Å²) >= 11 is 1.76. The Morgan fingerprint density at radius 3 is 2.00 bits per heavy atom. The lowest BCUT2D eigenvalue weighted by Crippen LogP contribution is -2.26. The smallest absolute Gasteiger partial charge is 0.132 e. The minimum atomic E-state index is 1.01. The fourth-order valence-electron chi connectivity index (χ4n) is 3.20. The van der Waals surface area contributed by atoms with Gasteiger partial charge in [-0.2, -0.15) is 0 Å². The van der Waals surface area contributed by atoms with Gasteiger partial charge in [0.1, 0.15) is 5.75 Å². The summed E-state index contributed by atoms with van der Waals surface area (Å²) in [4.78, 5) is 8.38. The van der Waals surface area contributed by atoms with Crippen LogP contribution in [-0.2, 0) is 13.0 Å². The Morgan fingerprint density at radius 1 is 0.846 bits per heavy atom. The molecule has 0 amide bonds. The van der Waals surface area contributed by atoms with Crippen LogP contribution in [0, 0.1) is 0 Å². The number of methoxy groups -OCH3 is 1. The number of thioether (sulfide) groups is 1. The average molecular weight is 382 g/mol. The van der Waals surface area contributed by atoms with Gasteiger partial charge in [0.2, 0.25) is 0 Å². The molecular formula is C21H39N3OS. The first kappa shape index (κ1) is 23.3. The Kier molecular flexibility index (Phi) is 11.3. The molecule has 2 aliphatic heterocycles. The molecule has 2 heterocycles. The molecule has 1 saturated heterocycles. The second-order valence-electron chi connectivity index (χ2n) is 6.92. The third-order valence-corrected chi connectivity index (χ3v) is 5.61. The lowest BCUT2D eigenvalue weighted by atomic mass is 10.00. The highest BCUT2D eigenvalue weighted by molar-refractivity contribution is 7.98. The minimum absolute atomic E-state index is 1.01. The maximum Gasteiger partial charge on any atom is 0.132 e. The van der Waals surface area contributed by atoms with Crippen LogP contribution >= 0.6 is 11.8 Å². The highest BCUT2D eigenvalue weighted by atomic mass is 32.2. The fourth-order valence-corrected chi connectivity index (χ4v) is 3.80.